The molecule has 1 N–H and O–H groups in total. The average Bonchev–Trinajstić information content (AvgIpc) is 2.00. The second-order valence-electron chi connectivity index (χ2n) is 3.69. The molecule has 1 atom stereocenters. The van der Waals surface area contributed by atoms with Gasteiger partial charge < -0.3 is 5.32 Å². The van der Waals surface area contributed by atoms with Crippen LogP contribution in [-0.2, 0) is 0 Å². The summed E-state index contributed by atoms with van der Waals surface area (Å²) >= 11 is 0. The molecule has 0 saturated carbocycles. The summed E-state index contributed by atoms with van der Waals surface area (Å²) in [6.07, 6.45) is 2.74. The van der Waals surface area contributed by atoms with E-state index < -0.39 is 0 Å². The fraction of sp³-hybridized carbons (Fsp3) is 1.00. The summed E-state index contributed by atoms with van der Waals surface area (Å²) in [5.41, 5.74) is 0.387. The van der Waals surface area contributed by atoms with Crippen LogP contribution in [0.3, 0.4) is 0 Å². The van der Waals surface area contributed by atoms with E-state index in [1.807, 2.05) is 13.8 Å². The van der Waals surface area contributed by atoms with Crippen LogP contribution in [-0.4, -0.2) is 12.1 Å². The van der Waals surface area contributed by atoms with Crippen molar-refractivity contribution >= 4 is 0 Å². The smallest absolute Gasteiger partial charge is 0.0150 e. The van der Waals surface area contributed by atoms with Gasteiger partial charge in [-0.1, -0.05) is 20.8 Å². The highest BCUT2D eigenvalue weighted by Crippen LogP contribution is 2.24. The summed E-state index contributed by atoms with van der Waals surface area (Å²) in [7, 11) is 0. The van der Waals surface area contributed by atoms with Crippen molar-refractivity contribution in [3.63, 3.8) is 0 Å². The zero-order chi connectivity index (χ0) is 8.91. The predicted octanol–water partition coefficient (Wildman–Crippen LogP) is 2.81. The Morgan fingerprint density at radius 2 is 1.82 bits per heavy atom. The molecule has 0 aromatic heterocycles. The van der Waals surface area contributed by atoms with Crippen molar-refractivity contribution in [1.82, 2.24) is 5.32 Å². The summed E-state index contributed by atoms with van der Waals surface area (Å²) < 4.78 is 0. The lowest BCUT2D eigenvalue weighted by atomic mass is 9.82. The third-order valence-corrected chi connectivity index (χ3v) is 2.63. The van der Waals surface area contributed by atoms with Gasteiger partial charge >= 0.3 is 0 Å². The predicted molar refractivity (Wildman–Crippen MR) is 51.8 cm³/mol. The maximum absolute atomic E-state index is 3.51. The fourth-order valence-electron chi connectivity index (χ4n) is 1.35. The van der Waals surface area contributed by atoms with E-state index in [1.165, 1.54) is 19.4 Å². The van der Waals surface area contributed by atoms with E-state index in [2.05, 4.69) is 26.1 Å². The molecule has 1 aliphatic heterocycles. The first kappa shape index (κ1) is 11.0. The van der Waals surface area contributed by atoms with E-state index in [0.717, 1.165) is 5.92 Å². The molecule has 0 amide bonds. The van der Waals surface area contributed by atoms with Crippen molar-refractivity contribution in [2.75, 3.05) is 6.54 Å². The molecule has 1 aliphatic rings. The monoisotopic (exact) mass is 157 g/mol. The molecule has 1 nitrogen and oxygen atoms in total. The Hall–Kier alpha value is -0.0400. The highest BCUT2D eigenvalue weighted by atomic mass is 15.0. The topological polar surface area (TPSA) is 12.0 Å². The minimum absolute atomic E-state index is 0.387. The normalized spacial score (nSPS) is 28.6. The molecule has 11 heavy (non-hydrogen) atoms. The van der Waals surface area contributed by atoms with Crippen molar-refractivity contribution in [1.29, 1.82) is 0 Å². The Bertz CT molecular complexity index is 97.0. The Morgan fingerprint density at radius 1 is 1.27 bits per heavy atom. The van der Waals surface area contributed by atoms with Crippen LogP contribution in [0.25, 0.3) is 0 Å². The highest BCUT2D eigenvalue weighted by Gasteiger charge is 2.27. The van der Waals surface area contributed by atoms with Gasteiger partial charge in [-0.25, -0.2) is 0 Å². The van der Waals surface area contributed by atoms with Crippen LogP contribution in [0.4, 0.5) is 0 Å². The van der Waals surface area contributed by atoms with Crippen molar-refractivity contribution in [3.05, 3.63) is 0 Å². The van der Waals surface area contributed by atoms with E-state index >= 15 is 0 Å². The molecule has 1 heterocycles. The van der Waals surface area contributed by atoms with Crippen molar-refractivity contribution in [3.8, 4) is 0 Å². The Morgan fingerprint density at radius 3 is 2.09 bits per heavy atom. The molecule has 0 radical (unpaired) electrons. The van der Waals surface area contributed by atoms with Crippen LogP contribution in [0.2, 0.25) is 0 Å². The van der Waals surface area contributed by atoms with Crippen LogP contribution in [0.15, 0.2) is 0 Å². The third-order valence-electron chi connectivity index (χ3n) is 2.63. The second kappa shape index (κ2) is 4.76. The molecule has 0 spiro atoms. The molecule has 1 heteroatoms. The molecular formula is C10H23N. The SMILES string of the molecule is CC.CC1CCCNC1(C)C. The van der Waals surface area contributed by atoms with Crippen LogP contribution >= 0.6 is 0 Å². The lowest BCUT2D eigenvalue weighted by Crippen LogP contribution is -2.48. The Labute approximate surface area is 71.6 Å². The number of rotatable bonds is 0. The van der Waals surface area contributed by atoms with Crippen LogP contribution in [0.1, 0.15) is 47.5 Å². The summed E-state index contributed by atoms with van der Waals surface area (Å²) in [5, 5.41) is 3.51. The molecule has 1 rings (SSSR count). The van der Waals surface area contributed by atoms with Gasteiger partial charge in [0.15, 0.2) is 0 Å². The highest BCUT2D eigenvalue weighted by molar-refractivity contribution is 4.86. The standard InChI is InChI=1S/C8H17N.C2H6/c1-7-5-4-6-9-8(7,2)3;1-2/h7,9H,4-6H2,1-3H3;1-2H3. The fourth-order valence-corrected chi connectivity index (χ4v) is 1.35. The molecule has 1 fully saturated rings. The van der Waals surface area contributed by atoms with Crippen LogP contribution in [0.5, 0.6) is 0 Å². The van der Waals surface area contributed by atoms with Crippen molar-refractivity contribution in [2.24, 2.45) is 5.92 Å². The van der Waals surface area contributed by atoms with Gasteiger partial charge in [0.05, 0.1) is 0 Å². The van der Waals surface area contributed by atoms with E-state index in [-0.39, 0.29) is 0 Å². The maximum atomic E-state index is 3.51. The van der Waals surface area contributed by atoms with Gasteiger partial charge in [-0.05, 0) is 39.2 Å². The van der Waals surface area contributed by atoms with Crippen molar-refractivity contribution < 1.29 is 0 Å². The minimum atomic E-state index is 0.387. The zero-order valence-electron chi connectivity index (χ0n) is 8.70. The summed E-state index contributed by atoms with van der Waals surface area (Å²) in [6.45, 7) is 12.1. The van der Waals surface area contributed by atoms with E-state index in [0.29, 0.717) is 5.54 Å². The lowest BCUT2D eigenvalue weighted by molar-refractivity contribution is 0.212. The lowest BCUT2D eigenvalue weighted by Gasteiger charge is -2.37. The van der Waals surface area contributed by atoms with Gasteiger partial charge in [-0.2, -0.15) is 0 Å². The molecule has 0 aromatic rings. The van der Waals surface area contributed by atoms with Gasteiger partial charge in [0.2, 0.25) is 0 Å². The molecule has 1 saturated heterocycles. The molecular weight excluding hydrogens is 134 g/mol. The summed E-state index contributed by atoms with van der Waals surface area (Å²) in [4.78, 5) is 0. The number of hydrogen-bond acceptors (Lipinski definition) is 1. The zero-order valence-corrected chi connectivity index (χ0v) is 8.70. The van der Waals surface area contributed by atoms with Gasteiger partial charge in [0.1, 0.15) is 0 Å². The average molecular weight is 157 g/mol. The van der Waals surface area contributed by atoms with Gasteiger partial charge in [-0.15, -0.1) is 0 Å². The first-order valence-electron chi connectivity index (χ1n) is 4.88. The molecule has 68 valence electrons. The summed E-state index contributed by atoms with van der Waals surface area (Å²) in [6, 6.07) is 0. The quantitative estimate of drug-likeness (QED) is 0.570. The number of hydrogen-bond donors (Lipinski definition) is 1. The third kappa shape index (κ3) is 3.24. The second-order valence-corrected chi connectivity index (χ2v) is 3.69. The van der Waals surface area contributed by atoms with E-state index in [1.54, 1.807) is 0 Å². The van der Waals surface area contributed by atoms with E-state index in [9.17, 15) is 0 Å². The first-order valence-corrected chi connectivity index (χ1v) is 4.88. The van der Waals surface area contributed by atoms with Gasteiger partial charge in [0, 0.05) is 5.54 Å². The first-order chi connectivity index (χ1) is 5.13. The van der Waals surface area contributed by atoms with Gasteiger partial charge in [0.25, 0.3) is 0 Å². The number of piperidine rings is 1. The van der Waals surface area contributed by atoms with Crippen LogP contribution in [0, 0.1) is 5.92 Å². The number of nitrogens with one attached hydrogen (secondary N) is 1. The van der Waals surface area contributed by atoms with Crippen LogP contribution < -0.4 is 5.32 Å². The summed E-state index contributed by atoms with van der Waals surface area (Å²) in [5.74, 6) is 0.839. The largest absolute Gasteiger partial charge is 0.312 e. The molecule has 0 aromatic carbocycles. The molecule has 0 bridgehead atoms. The Balaban J connectivity index is 0.000000461. The van der Waals surface area contributed by atoms with E-state index in [4.69, 9.17) is 0 Å². The molecule has 1 unspecified atom stereocenters. The Kier molecular flexibility index (Phi) is 4.74. The van der Waals surface area contributed by atoms with Gasteiger partial charge in [-0.3, -0.25) is 0 Å². The van der Waals surface area contributed by atoms with Crippen molar-refractivity contribution in [2.45, 2.75) is 53.0 Å². The minimum Gasteiger partial charge on any atom is -0.312 e. The molecule has 0 aliphatic carbocycles. The maximum Gasteiger partial charge on any atom is 0.0150 e.